The van der Waals surface area contributed by atoms with E-state index in [1.54, 1.807) is 24.3 Å². The lowest BCUT2D eigenvalue weighted by Crippen LogP contribution is -2.36. The molecule has 1 aliphatic heterocycles. The van der Waals surface area contributed by atoms with Gasteiger partial charge in [-0.2, -0.15) is 0 Å². The molecule has 1 atom stereocenters. The van der Waals surface area contributed by atoms with E-state index in [1.807, 2.05) is 31.2 Å². The van der Waals surface area contributed by atoms with Gasteiger partial charge in [-0.05, 0) is 86.2 Å². The molecule has 0 bridgehead atoms. The third kappa shape index (κ3) is 5.40. The van der Waals surface area contributed by atoms with Crippen LogP contribution >= 0.6 is 11.6 Å². The van der Waals surface area contributed by atoms with Crippen LogP contribution in [-0.4, -0.2) is 26.9 Å². The zero-order chi connectivity index (χ0) is 23.4. The number of rotatable bonds is 7. The van der Waals surface area contributed by atoms with Crippen molar-refractivity contribution >= 4 is 33.2 Å². The minimum Gasteiger partial charge on any atom is -0.350 e. The summed E-state index contributed by atoms with van der Waals surface area (Å²) in [5.74, 6) is -0.143. The number of carbonyl (C=O) groups is 1. The van der Waals surface area contributed by atoms with Gasteiger partial charge in [-0.1, -0.05) is 41.9 Å². The number of sulfonamides is 1. The molecule has 7 heteroatoms. The first-order valence-corrected chi connectivity index (χ1v) is 12.9. The fourth-order valence-corrected chi connectivity index (χ4v) is 5.76. The van der Waals surface area contributed by atoms with Crippen LogP contribution in [0.25, 0.3) is 0 Å². The molecule has 1 heterocycles. The molecule has 0 aliphatic carbocycles. The third-order valence-electron chi connectivity index (χ3n) is 5.91. The highest BCUT2D eigenvalue weighted by Gasteiger charge is 2.29. The van der Waals surface area contributed by atoms with Crippen LogP contribution in [0, 0.1) is 0 Å². The molecule has 1 amide bonds. The Morgan fingerprint density at radius 3 is 2.52 bits per heavy atom. The summed E-state index contributed by atoms with van der Waals surface area (Å²) < 4.78 is 27.9. The molecule has 5 nitrogen and oxygen atoms in total. The molecule has 0 saturated carbocycles. The minimum absolute atomic E-state index is 0.0236. The number of amides is 1. The summed E-state index contributed by atoms with van der Waals surface area (Å²) >= 11 is 5.92. The quantitative estimate of drug-likeness (QED) is 0.501. The highest BCUT2D eigenvalue weighted by molar-refractivity contribution is 7.92. The molecule has 0 unspecified atom stereocenters. The number of hydrogen-bond acceptors (Lipinski definition) is 3. The summed E-state index contributed by atoms with van der Waals surface area (Å²) in [6.45, 7) is 2.40. The number of aryl methyl sites for hydroxylation is 2. The number of fused-ring (bicyclic) bond motifs is 1. The van der Waals surface area contributed by atoms with E-state index in [9.17, 15) is 13.2 Å². The molecule has 0 radical (unpaired) electrons. The van der Waals surface area contributed by atoms with Gasteiger partial charge in [0.05, 0.1) is 10.6 Å². The van der Waals surface area contributed by atoms with Crippen LogP contribution in [0.3, 0.4) is 0 Å². The zero-order valence-corrected chi connectivity index (χ0v) is 20.1. The number of anilines is 1. The van der Waals surface area contributed by atoms with Crippen molar-refractivity contribution in [3.05, 3.63) is 94.5 Å². The number of halogens is 1. The van der Waals surface area contributed by atoms with Crippen molar-refractivity contribution in [2.45, 2.75) is 43.5 Å². The largest absolute Gasteiger partial charge is 0.350 e. The second-order valence-electron chi connectivity index (χ2n) is 8.38. The Morgan fingerprint density at radius 2 is 1.79 bits per heavy atom. The summed E-state index contributed by atoms with van der Waals surface area (Å²) in [5, 5.41) is 3.55. The topological polar surface area (TPSA) is 66.5 Å². The molecule has 1 aliphatic rings. The van der Waals surface area contributed by atoms with Crippen molar-refractivity contribution in [3.63, 3.8) is 0 Å². The predicted octanol–water partition coefficient (Wildman–Crippen LogP) is 5.23. The molecule has 0 spiro atoms. The third-order valence-corrected chi connectivity index (χ3v) is 7.99. The van der Waals surface area contributed by atoms with E-state index in [0.29, 0.717) is 29.2 Å². The van der Waals surface area contributed by atoms with Gasteiger partial charge in [-0.25, -0.2) is 8.42 Å². The van der Waals surface area contributed by atoms with E-state index < -0.39 is 10.0 Å². The molecule has 1 N–H and O–H groups in total. The molecular weight excluding hydrogens is 456 g/mol. The van der Waals surface area contributed by atoms with Crippen LogP contribution in [0.1, 0.15) is 41.3 Å². The Bertz CT molecular complexity index is 1230. The fourth-order valence-electron chi connectivity index (χ4n) is 4.09. The van der Waals surface area contributed by atoms with Crippen LogP contribution in [0.15, 0.2) is 77.7 Å². The normalized spacial score (nSPS) is 14.4. The predicted molar refractivity (Wildman–Crippen MR) is 132 cm³/mol. The maximum atomic E-state index is 13.2. The first-order valence-electron chi connectivity index (χ1n) is 11.1. The van der Waals surface area contributed by atoms with Gasteiger partial charge in [0.15, 0.2) is 0 Å². The molecule has 0 saturated heterocycles. The van der Waals surface area contributed by atoms with Crippen molar-refractivity contribution in [2.75, 3.05) is 10.8 Å². The standard InChI is InChI=1S/C26H27ClN2O3S/c1-19(9-10-20-6-3-2-4-7-20)28-26(30)22-11-16-25-21(18-22)8-5-17-29(25)33(31,32)24-14-12-23(27)13-15-24/h2-4,6-7,11-16,18-19H,5,8-10,17H2,1H3,(H,28,30)/t19-/m1/s1. The van der Waals surface area contributed by atoms with Crippen molar-refractivity contribution in [1.82, 2.24) is 5.32 Å². The molecule has 3 aromatic rings. The van der Waals surface area contributed by atoms with E-state index in [4.69, 9.17) is 11.6 Å². The van der Waals surface area contributed by atoms with Crippen LogP contribution in [0.2, 0.25) is 5.02 Å². The van der Waals surface area contributed by atoms with Crippen LogP contribution in [0.4, 0.5) is 5.69 Å². The van der Waals surface area contributed by atoms with Crippen LogP contribution in [0.5, 0.6) is 0 Å². The van der Waals surface area contributed by atoms with Crippen LogP contribution < -0.4 is 9.62 Å². The Kier molecular flexibility index (Phi) is 7.05. The second kappa shape index (κ2) is 9.98. The number of nitrogens with one attached hydrogen (secondary N) is 1. The van der Waals surface area contributed by atoms with E-state index in [-0.39, 0.29) is 16.8 Å². The summed E-state index contributed by atoms with van der Waals surface area (Å²) in [5.41, 5.74) is 3.29. The van der Waals surface area contributed by atoms with Crippen molar-refractivity contribution < 1.29 is 13.2 Å². The number of hydrogen-bond donors (Lipinski definition) is 1. The zero-order valence-electron chi connectivity index (χ0n) is 18.5. The summed E-state index contributed by atoms with van der Waals surface area (Å²) in [7, 11) is -3.70. The lowest BCUT2D eigenvalue weighted by atomic mass is 10.00. The maximum absolute atomic E-state index is 13.2. The smallest absolute Gasteiger partial charge is 0.264 e. The van der Waals surface area contributed by atoms with Gasteiger partial charge in [0.2, 0.25) is 0 Å². The summed E-state index contributed by atoms with van der Waals surface area (Å²) in [4.78, 5) is 13.0. The van der Waals surface area contributed by atoms with E-state index in [2.05, 4.69) is 17.4 Å². The van der Waals surface area contributed by atoms with Gasteiger partial charge in [-0.15, -0.1) is 0 Å². The number of carbonyl (C=O) groups excluding carboxylic acids is 1. The lowest BCUT2D eigenvalue weighted by molar-refractivity contribution is 0.0938. The van der Waals surface area contributed by atoms with E-state index in [0.717, 1.165) is 24.8 Å². The van der Waals surface area contributed by atoms with Gasteiger partial charge in [0.25, 0.3) is 15.9 Å². The Labute approximate surface area is 200 Å². The van der Waals surface area contributed by atoms with Gasteiger partial charge >= 0.3 is 0 Å². The molecular formula is C26H27ClN2O3S. The SMILES string of the molecule is C[C@H](CCc1ccccc1)NC(=O)c1ccc2c(c1)CCCN2S(=O)(=O)c1ccc(Cl)cc1. The fraction of sp³-hybridized carbons (Fsp3) is 0.269. The second-order valence-corrected chi connectivity index (χ2v) is 10.7. The first kappa shape index (κ1) is 23.3. The van der Waals surface area contributed by atoms with Gasteiger partial charge in [0, 0.05) is 23.2 Å². The lowest BCUT2D eigenvalue weighted by Gasteiger charge is -2.31. The monoisotopic (exact) mass is 482 g/mol. The van der Waals surface area contributed by atoms with Crippen molar-refractivity contribution in [1.29, 1.82) is 0 Å². The number of benzene rings is 3. The van der Waals surface area contributed by atoms with Crippen molar-refractivity contribution in [3.8, 4) is 0 Å². The average molecular weight is 483 g/mol. The molecule has 0 aromatic heterocycles. The molecule has 33 heavy (non-hydrogen) atoms. The Morgan fingerprint density at radius 1 is 1.06 bits per heavy atom. The molecule has 3 aromatic carbocycles. The maximum Gasteiger partial charge on any atom is 0.264 e. The molecule has 4 rings (SSSR count). The Hall–Kier alpha value is -2.83. The average Bonchev–Trinajstić information content (AvgIpc) is 2.83. The van der Waals surface area contributed by atoms with Gasteiger partial charge < -0.3 is 5.32 Å². The highest BCUT2D eigenvalue weighted by atomic mass is 35.5. The van der Waals surface area contributed by atoms with Gasteiger partial charge in [0.1, 0.15) is 0 Å². The van der Waals surface area contributed by atoms with E-state index >= 15 is 0 Å². The molecule has 172 valence electrons. The van der Waals surface area contributed by atoms with Gasteiger partial charge in [-0.3, -0.25) is 9.10 Å². The Balaban J connectivity index is 1.47. The minimum atomic E-state index is -3.70. The summed E-state index contributed by atoms with van der Waals surface area (Å²) in [6.07, 6.45) is 3.16. The number of nitrogens with zero attached hydrogens (tertiary/aromatic N) is 1. The van der Waals surface area contributed by atoms with Crippen LogP contribution in [-0.2, 0) is 22.9 Å². The highest BCUT2D eigenvalue weighted by Crippen LogP contribution is 2.33. The summed E-state index contributed by atoms with van der Waals surface area (Å²) in [6, 6.07) is 21.7. The van der Waals surface area contributed by atoms with Crippen molar-refractivity contribution in [2.24, 2.45) is 0 Å². The first-order chi connectivity index (χ1) is 15.8. The molecule has 0 fully saturated rings. The van der Waals surface area contributed by atoms with E-state index in [1.165, 1.54) is 22.0 Å².